The van der Waals surface area contributed by atoms with Gasteiger partial charge in [-0.1, -0.05) is 6.07 Å². The number of benzene rings is 1. The van der Waals surface area contributed by atoms with Crippen LogP contribution >= 0.6 is 0 Å². The number of ether oxygens (including phenoxy) is 1. The van der Waals surface area contributed by atoms with E-state index in [1.165, 1.54) is 29.2 Å². The predicted octanol–water partition coefficient (Wildman–Crippen LogP) is 4.67. The van der Waals surface area contributed by atoms with E-state index in [0.29, 0.717) is 11.8 Å². The highest BCUT2D eigenvalue weighted by molar-refractivity contribution is 5.67. The molecule has 0 amide bonds. The van der Waals surface area contributed by atoms with Gasteiger partial charge in [-0.3, -0.25) is 9.38 Å². The van der Waals surface area contributed by atoms with Gasteiger partial charge < -0.3 is 4.74 Å². The molecule has 0 bridgehead atoms. The fraction of sp³-hybridized carbons (Fsp3) is 0.105. The third-order valence-corrected chi connectivity index (χ3v) is 4.02. The molecular formula is C19H11F5N4O. The van der Waals surface area contributed by atoms with Crippen LogP contribution < -0.4 is 4.74 Å². The van der Waals surface area contributed by atoms with E-state index in [0.717, 1.165) is 24.4 Å². The second-order valence-corrected chi connectivity index (χ2v) is 6.10. The number of alkyl halides is 3. The molecule has 148 valence electrons. The molecule has 0 aliphatic rings. The Morgan fingerprint density at radius 3 is 2.55 bits per heavy atom. The Labute approximate surface area is 160 Å². The zero-order valence-corrected chi connectivity index (χ0v) is 14.5. The molecule has 0 aliphatic heterocycles. The summed E-state index contributed by atoms with van der Waals surface area (Å²) in [5.41, 5.74) is -0.732. The molecule has 4 rings (SSSR count). The van der Waals surface area contributed by atoms with Crippen LogP contribution in [0.2, 0.25) is 0 Å². The fourth-order valence-corrected chi connectivity index (χ4v) is 2.77. The van der Waals surface area contributed by atoms with Gasteiger partial charge in [0.25, 0.3) is 0 Å². The molecule has 0 unspecified atom stereocenters. The minimum absolute atomic E-state index is 0.0197. The second-order valence-electron chi connectivity index (χ2n) is 6.10. The van der Waals surface area contributed by atoms with E-state index in [9.17, 15) is 22.0 Å². The van der Waals surface area contributed by atoms with Crippen LogP contribution in [-0.4, -0.2) is 19.4 Å². The van der Waals surface area contributed by atoms with Crippen LogP contribution in [0.4, 0.5) is 22.0 Å². The number of rotatable bonds is 4. The molecule has 0 N–H and O–H groups in total. The van der Waals surface area contributed by atoms with Crippen molar-refractivity contribution in [3.8, 4) is 16.9 Å². The number of hydrogen-bond acceptors (Lipinski definition) is 4. The molecule has 29 heavy (non-hydrogen) atoms. The first-order chi connectivity index (χ1) is 13.8. The molecular weight excluding hydrogens is 395 g/mol. The maximum absolute atomic E-state index is 13.3. The highest BCUT2D eigenvalue weighted by atomic mass is 19.4. The van der Waals surface area contributed by atoms with Gasteiger partial charge in [0.05, 0.1) is 23.7 Å². The minimum Gasteiger partial charge on any atom is -0.486 e. The summed E-state index contributed by atoms with van der Waals surface area (Å²) in [4.78, 5) is 11.9. The van der Waals surface area contributed by atoms with Gasteiger partial charge in [0.2, 0.25) is 5.78 Å². The number of fused-ring (bicyclic) bond motifs is 1. The lowest BCUT2D eigenvalue weighted by molar-refractivity contribution is -0.137. The summed E-state index contributed by atoms with van der Waals surface area (Å²) in [6, 6.07) is 3.61. The maximum atomic E-state index is 13.3. The van der Waals surface area contributed by atoms with E-state index in [-0.39, 0.29) is 29.3 Å². The maximum Gasteiger partial charge on any atom is 0.417 e. The summed E-state index contributed by atoms with van der Waals surface area (Å²) < 4.78 is 73.1. The number of aromatic nitrogens is 4. The summed E-state index contributed by atoms with van der Waals surface area (Å²) in [7, 11) is 0. The van der Waals surface area contributed by atoms with Gasteiger partial charge in [-0.05, 0) is 17.7 Å². The molecule has 3 heterocycles. The predicted molar refractivity (Wildman–Crippen MR) is 91.9 cm³/mol. The molecule has 3 aromatic heterocycles. The van der Waals surface area contributed by atoms with E-state index in [1.54, 1.807) is 0 Å². The first-order valence-corrected chi connectivity index (χ1v) is 8.24. The van der Waals surface area contributed by atoms with Crippen LogP contribution in [0.15, 0.2) is 55.2 Å². The summed E-state index contributed by atoms with van der Waals surface area (Å²) >= 11 is 0. The highest BCUT2D eigenvalue weighted by Crippen LogP contribution is 2.37. The standard InChI is InChI=1S/C19H11F5N4O/c20-12-1-2-16(17(4-12)19(22,23)24)11-5-26-18-27-14(9-28(18)8-11)10-29-15-3-13(21)6-25-7-15/h1-9H,10H2. The topological polar surface area (TPSA) is 52.3 Å². The van der Waals surface area contributed by atoms with E-state index < -0.39 is 23.4 Å². The van der Waals surface area contributed by atoms with Crippen molar-refractivity contribution in [2.45, 2.75) is 12.8 Å². The fourth-order valence-electron chi connectivity index (χ4n) is 2.77. The summed E-state index contributed by atoms with van der Waals surface area (Å²) in [5, 5.41) is 0. The SMILES string of the molecule is Fc1cncc(OCc2cn3cc(-c4ccc(F)cc4C(F)(F)F)cnc3n2)c1. The Bertz CT molecular complexity index is 1190. The Balaban J connectivity index is 1.64. The molecule has 0 radical (unpaired) electrons. The monoisotopic (exact) mass is 406 g/mol. The molecule has 0 aliphatic carbocycles. The van der Waals surface area contributed by atoms with Gasteiger partial charge in [-0.2, -0.15) is 13.2 Å². The lowest BCUT2D eigenvalue weighted by Crippen LogP contribution is -2.08. The van der Waals surface area contributed by atoms with Crippen LogP contribution in [-0.2, 0) is 12.8 Å². The number of imidazole rings is 1. The van der Waals surface area contributed by atoms with Crippen molar-refractivity contribution in [1.29, 1.82) is 0 Å². The van der Waals surface area contributed by atoms with Crippen LogP contribution in [0.3, 0.4) is 0 Å². The summed E-state index contributed by atoms with van der Waals surface area (Å²) in [6.07, 6.45) is 1.81. The zero-order chi connectivity index (χ0) is 20.6. The average Bonchev–Trinajstić information content (AvgIpc) is 3.08. The van der Waals surface area contributed by atoms with Crippen LogP contribution in [0.1, 0.15) is 11.3 Å². The molecule has 4 aromatic rings. The first kappa shape index (κ1) is 18.8. The zero-order valence-electron chi connectivity index (χ0n) is 14.5. The molecule has 0 fully saturated rings. The van der Waals surface area contributed by atoms with Crippen molar-refractivity contribution in [2.75, 3.05) is 0 Å². The van der Waals surface area contributed by atoms with Gasteiger partial charge in [-0.25, -0.2) is 18.7 Å². The first-order valence-electron chi connectivity index (χ1n) is 8.24. The largest absolute Gasteiger partial charge is 0.486 e. The van der Waals surface area contributed by atoms with E-state index in [4.69, 9.17) is 4.74 Å². The summed E-state index contributed by atoms with van der Waals surface area (Å²) in [5.74, 6) is -1.09. The van der Waals surface area contributed by atoms with E-state index in [1.807, 2.05) is 0 Å². The van der Waals surface area contributed by atoms with Gasteiger partial charge >= 0.3 is 6.18 Å². The lowest BCUT2D eigenvalue weighted by Gasteiger charge is -2.13. The third-order valence-electron chi connectivity index (χ3n) is 4.02. The Morgan fingerprint density at radius 1 is 0.966 bits per heavy atom. The molecule has 1 aromatic carbocycles. The van der Waals surface area contributed by atoms with Crippen LogP contribution in [0.25, 0.3) is 16.9 Å². The normalized spacial score (nSPS) is 11.8. The van der Waals surface area contributed by atoms with Crippen molar-refractivity contribution < 1.29 is 26.7 Å². The smallest absolute Gasteiger partial charge is 0.417 e. The van der Waals surface area contributed by atoms with Gasteiger partial charge in [-0.15, -0.1) is 0 Å². The number of hydrogen-bond donors (Lipinski definition) is 0. The minimum atomic E-state index is -4.72. The van der Waals surface area contributed by atoms with Gasteiger partial charge in [0, 0.05) is 30.2 Å². The molecule has 0 atom stereocenters. The van der Waals surface area contributed by atoms with Crippen molar-refractivity contribution in [1.82, 2.24) is 19.4 Å². The van der Waals surface area contributed by atoms with E-state index >= 15 is 0 Å². The van der Waals surface area contributed by atoms with Crippen molar-refractivity contribution in [2.24, 2.45) is 0 Å². The third kappa shape index (κ3) is 4.00. The Hall–Kier alpha value is -3.56. The second kappa shape index (κ2) is 7.12. The highest BCUT2D eigenvalue weighted by Gasteiger charge is 2.34. The van der Waals surface area contributed by atoms with Crippen molar-refractivity contribution in [3.05, 3.63) is 78.1 Å². The summed E-state index contributed by atoms with van der Waals surface area (Å²) in [6.45, 7) is -0.0197. The molecule has 5 nitrogen and oxygen atoms in total. The number of nitrogens with zero attached hydrogens (tertiary/aromatic N) is 4. The number of halogens is 5. The van der Waals surface area contributed by atoms with Crippen molar-refractivity contribution in [3.63, 3.8) is 0 Å². The van der Waals surface area contributed by atoms with Gasteiger partial charge in [0.1, 0.15) is 24.0 Å². The van der Waals surface area contributed by atoms with Crippen molar-refractivity contribution >= 4 is 5.78 Å². The molecule has 0 spiro atoms. The number of pyridine rings is 1. The lowest BCUT2D eigenvalue weighted by atomic mass is 10.0. The average molecular weight is 406 g/mol. The Kier molecular flexibility index (Phi) is 4.61. The molecule has 0 saturated heterocycles. The van der Waals surface area contributed by atoms with E-state index in [2.05, 4.69) is 15.0 Å². The quantitative estimate of drug-likeness (QED) is 0.463. The Morgan fingerprint density at radius 2 is 1.79 bits per heavy atom. The molecule has 0 saturated carbocycles. The molecule has 10 heteroatoms. The van der Waals surface area contributed by atoms with Crippen LogP contribution in [0.5, 0.6) is 5.75 Å². The van der Waals surface area contributed by atoms with Crippen LogP contribution in [0, 0.1) is 11.6 Å². The van der Waals surface area contributed by atoms with Gasteiger partial charge in [0.15, 0.2) is 0 Å².